The summed E-state index contributed by atoms with van der Waals surface area (Å²) in [5.41, 5.74) is 3.37. The summed E-state index contributed by atoms with van der Waals surface area (Å²) >= 11 is 1.25. The van der Waals surface area contributed by atoms with Crippen LogP contribution in [-0.4, -0.2) is 22.8 Å². The van der Waals surface area contributed by atoms with Gasteiger partial charge in [0.05, 0.1) is 11.0 Å². The minimum atomic E-state index is -0.376. The molecule has 1 unspecified atom stereocenters. The lowest BCUT2D eigenvalue weighted by Gasteiger charge is -2.14. The van der Waals surface area contributed by atoms with Crippen LogP contribution in [0.25, 0.3) is 0 Å². The Morgan fingerprint density at radius 3 is 2.44 bits per heavy atom. The number of rotatable bonds is 6. The van der Waals surface area contributed by atoms with E-state index >= 15 is 0 Å². The molecular formula is C19H21FN2O2S. The first-order valence-corrected chi connectivity index (χ1v) is 8.95. The summed E-state index contributed by atoms with van der Waals surface area (Å²) in [7, 11) is 0. The second kappa shape index (κ2) is 8.67. The maximum absolute atomic E-state index is 12.8. The van der Waals surface area contributed by atoms with Crippen molar-refractivity contribution in [2.75, 3.05) is 16.4 Å². The van der Waals surface area contributed by atoms with E-state index in [4.69, 9.17) is 0 Å². The average Bonchev–Trinajstić information content (AvgIpc) is 2.58. The molecule has 0 fully saturated rings. The molecule has 4 nitrogen and oxygen atoms in total. The summed E-state index contributed by atoms with van der Waals surface area (Å²) in [5, 5.41) is 5.19. The predicted molar refractivity (Wildman–Crippen MR) is 101 cm³/mol. The number of anilines is 2. The van der Waals surface area contributed by atoms with Crippen molar-refractivity contribution in [1.29, 1.82) is 0 Å². The zero-order valence-corrected chi connectivity index (χ0v) is 15.2. The van der Waals surface area contributed by atoms with Crippen LogP contribution in [0.4, 0.5) is 15.8 Å². The van der Waals surface area contributed by atoms with Crippen molar-refractivity contribution in [2.24, 2.45) is 0 Å². The van der Waals surface area contributed by atoms with Gasteiger partial charge in [0.1, 0.15) is 5.82 Å². The number of hydrogen-bond donors (Lipinski definition) is 2. The van der Waals surface area contributed by atoms with Crippen LogP contribution in [-0.2, 0) is 9.59 Å². The van der Waals surface area contributed by atoms with Crippen LogP contribution in [0.15, 0.2) is 42.5 Å². The van der Waals surface area contributed by atoms with Crippen LogP contribution >= 0.6 is 11.8 Å². The van der Waals surface area contributed by atoms with Gasteiger partial charge in [0.25, 0.3) is 0 Å². The van der Waals surface area contributed by atoms with E-state index in [1.807, 2.05) is 32.0 Å². The molecule has 25 heavy (non-hydrogen) atoms. The Balaban J connectivity index is 1.83. The summed E-state index contributed by atoms with van der Waals surface area (Å²) in [4.78, 5) is 24.2. The number of thioether (sulfide) groups is 1. The van der Waals surface area contributed by atoms with Crippen molar-refractivity contribution in [3.05, 3.63) is 59.4 Å². The van der Waals surface area contributed by atoms with Gasteiger partial charge in [0.2, 0.25) is 11.8 Å². The number of aryl methyl sites for hydroxylation is 2. The van der Waals surface area contributed by atoms with Crippen LogP contribution in [0.1, 0.15) is 18.1 Å². The van der Waals surface area contributed by atoms with Gasteiger partial charge in [-0.15, -0.1) is 11.8 Å². The molecule has 2 aromatic rings. The van der Waals surface area contributed by atoms with Crippen LogP contribution in [0.3, 0.4) is 0 Å². The lowest BCUT2D eigenvalue weighted by atomic mass is 10.1. The van der Waals surface area contributed by atoms with E-state index < -0.39 is 0 Å². The van der Waals surface area contributed by atoms with E-state index in [0.717, 1.165) is 16.8 Å². The summed E-state index contributed by atoms with van der Waals surface area (Å²) in [5.74, 6) is -0.598. The van der Waals surface area contributed by atoms with Crippen molar-refractivity contribution < 1.29 is 14.0 Å². The Morgan fingerprint density at radius 1 is 1.08 bits per heavy atom. The molecule has 2 aromatic carbocycles. The molecule has 132 valence electrons. The van der Waals surface area contributed by atoms with Crippen molar-refractivity contribution in [3.63, 3.8) is 0 Å². The van der Waals surface area contributed by atoms with Crippen molar-refractivity contribution >= 4 is 35.0 Å². The number of hydrogen-bond acceptors (Lipinski definition) is 3. The fraction of sp³-hybridized carbons (Fsp3) is 0.263. The van der Waals surface area contributed by atoms with Gasteiger partial charge < -0.3 is 10.6 Å². The minimum Gasteiger partial charge on any atom is -0.325 e. The smallest absolute Gasteiger partial charge is 0.237 e. The number of benzene rings is 2. The second-order valence-electron chi connectivity index (χ2n) is 5.82. The Bertz CT molecular complexity index is 763. The van der Waals surface area contributed by atoms with Crippen LogP contribution in [0.2, 0.25) is 0 Å². The maximum Gasteiger partial charge on any atom is 0.237 e. The molecule has 1 atom stereocenters. The number of carbonyl (C=O) groups is 2. The Hall–Kier alpha value is -2.34. The largest absolute Gasteiger partial charge is 0.325 e. The number of nitrogens with one attached hydrogen (secondary N) is 2. The Kier molecular flexibility index (Phi) is 6.58. The Labute approximate surface area is 151 Å². The predicted octanol–water partition coefficient (Wildman–Crippen LogP) is 4.14. The molecule has 0 heterocycles. The van der Waals surface area contributed by atoms with Crippen molar-refractivity contribution in [1.82, 2.24) is 0 Å². The monoisotopic (exact) mass is 360 g/mol. The molecule has 0 aliphatic carbocycles. The summed E-state index contributed by atoms with van der Waals surface area (Å²) < 4.78 is 12.8. The Morgan fingerprint density at radius 2 is 1.76 bits per heavy atom. The fourth-order valence-corrected chi connectivity index (χ4v) is 2.80. The molecule has 2 amide bonds. The highest BCUT2D eigenvalue weighted by molar-refractivity contribution is 8.01. The summed E-state index contributed by atoms with van der Waals surface area (Å²) in [6.45, 7) is 5.66. The lowest BCUT2D eigenvalue weighted by molar-refractivity contribution is -0.115. The zero-order valence-electron chi connectivity index (χ0n) is 14.4. The lowest BCUT2D eigenvalue weighted by Crippen LogP contribution is -2.25. The fourth-order valence-electron chi connectivity index (χ4n) is 2.11. The normalized spacial score (nSPS) is 11.7. The third kappa shape index (κ3) is 5.90. The van der Waals surface area contributed by atoms with Crippen LogP contribution in [0.5, 0.6) is 0 Å². The SMILES string of the molecule is Cc1ccc(C)c(NC(=O)C(C)SCC(=O)Nc2ccc(F)cc2)c1. The first-order valence-electron chi connectivity index (χ1n) is 7.90. The third-order valence-corrected chi connectivity index (χ3v) is 4.76. The number of carbonyl (C=O) groups excluding carboxylic acids is 2. The van der Waals surface area contributed by atoms with E-state index in [-0.39, 0.29) is 28.6 Å². The number of amides is 2. The standard InChI is InChI=1S/C19H21FN2O2S/c1-12-4-5-13(2)17(10-12)22-19(24)14(3)25-11-18(23)21-16-8-6-15(20)7-9-16/h4-10,14H,11H2,1-3H3,(H,21,23)(H,22,24). The average molecular weight is 360 g/mol. The molecular weight excluding hydrogens is 339 g/mol. The van der Waals surface area contributed by atoms with Crippen molar-refractivity contribution in [2.45, 2.75) is 26.0 Å². The van der Waals surface area contributed by atoms with Gasteiger partial charge in [-0.05, 0) is 62.2 Å². The van der Waals surface area contributed by atoms with Gasteiger partial charge >= 0.3 is 0 Å². The quantitative estimate of drug-likeness (QED) is 0.814. The highest BCUT2D eigenvalue weighted by Gasteiger charge is 2.16. The van der Waals surface area contributed by atoms with E-state index in [2.05, 4.69) is 10.6 Å². The molecule has 0 saturated heterocycles. The van der Waals surface area contributed by atoms with Gasteiger partial charge in [-0.2, -0.15) is 0 Å². The van der Waals surface area contributed by atoms with Crippen LogP contribution in [0, 0.1) is 19.7 Å². The highest BCUT2D eigenvalue weighted by atomic mass is 32.2. The zero-order chi connectivity index (χ0) is 18.4. The molecule has 2 rings (SSSR count). The van der Waals surface area contributed by atoms with E-state index in [9.17, 15) is 14.0 Å². The van der Waals surface area contributed by atoms with Gasteiger partial charge in [-0.3, -0.25) is 9.59 Å². The second-order valence-corrected chi connectivity index (χ2v) is 7.15. The first kappa shape index (κ1) is 19.0. The molecule has 0 radical (unpaired) electrons. The van der Waals surface area contributed by atoms with E-state index in [1.165, 1.54) is 36.0 Å². The number of halogens is 1. The molecule has 0 bridgehead atoms. The molecule has 0 aromatic heterocycles. The topological polar surface area (TPSA) is 58.2 Å². The summed E-state index contributed by atoms with van der Waals surface area (Å²) in [6.07, 6.45) is 0. The molecule has 0 saturated carbocycles. The molecule has 6 heteroatoms. The van der Waals surface area contributed by atoms with Gasteiger partial charge in [-0.25, -0.2) is 4.39 Å². The molecule has 0 spiro atoms. The first-order chi connectivity index (χ1) is 11.8. The molecule has 0 aliphatic heterocycles. The van der Waals surface area contributed by atoms with Crippen LogP contribution < -0.4 is 10.6 Å². The molecule has 2 N–H and O–H groups in total. The molecule has 0 aliphatic rings. The third-order valence-electron chi connectivity index (χ3n) is 3.61. The highest BCUT2D eigenvalue weighted by Crippen LogP contribution is 2.19. The van der Waals surface area contributed by atoms with Gasteiger partial charge in [0.15, 0.2) is 0 Å². The van der Waals surface area contributed by atoms with Gasteiger partial charge in [0, 0.05) is 11.4 Å². The van der Waals surface area contributed by atoms with E-state index in [0.29, 0.717) is 5.69 Å². The van der Waals surface area contributed by atoms with E-state index in [1.54, 1.807) is 6.92 Å². The van der Waals surface area contributed by atoms with Crippen molar-refractivity contribution in [3.8, 4) is 0 Å². The maximum atomic E-state index is 12.8. The van der Waals surface area contributed by atoms with Gasteiger partial charge in [-0.1, -0.05) is 12.1 Å². The summed E-state index contributed by atoms with van der Waals surface area (Å²) in [6, 6.07) is 11.4. The minimum absolute atomic E-state index is 0.138.